The maximum absolute atomic E-state index is 9.14. The van der Waals surface area contributed by atoms with Crippen LogP contribution < -0.4 is 0 Å². The molecule has 0 atom stereocenters. The Bertz CT molecular complexity index is 3430. The third-order valence-electron chi connectivity index (χ3n) is 9.40. The van der Waals surface area contributed by atoms with Crippen molar-refractivity contribution in [2.24, 2.45) is 0 Å². The lowest BCUT2D eigenvalue weighted by molar-refractivity contribution is 0.666. The second-order valence-corrected chi connectivity index (χ2v) is 13.4. The molecular formula is C45H26N4OS. The van der Waals surface area contributed by atoms with Crippen molar-refractivity contribution in [2.45, 2.75) is 0 Å². The molecule has 0 radical (unpaired) electrons. The van der Waals surface area contributed by atoms with E-state index in [2.05, 4.69) is 0 Å². The van der Waals surface area contributed by atoms with Gasteiger partial charge in [-0.25, -0.2) is 15.0 Å². The predicted octanol–water partition coefficient (Wildman–Crippen LogP) is 12.2. The second kappa shape index (κ2) is 10.9. The van der Waals surface area contributed by atoms with Crippen molar-refractivity contribution in [3.8, 4) is 39.9 Å². The number of nitrogens with zero attached hydrogens (tertiary/aromatic N) is 4. The third-order valence-corrected chi connectivity index (χ3v) is 10.5. The molecule has 7 aromatic carbocycles. The van der Waals surface area contributed by atoms with Crippen LogP contribution in [0, 0.1) is 0 Å². The third kappa shape index (κ3) is 4.37. The van der Waals surface area contributed by atoms with E-state index in [9.17, 15) is 0 Å². The highest BCUT2D eigenvalue weighted by atomic mass is 32.1. The first-order valence-corrected chi connectivity index (χ1v) is 17.3. The standard InChI is InChI=1S/C45H26N4OS/c1-3-12-27(13-4-1)43-46-44(28-14-5-2-6-15-28)48-45(47-43)29-22-23-31-33-18-11-20-37(42(33)50-39(31)24-29)49-36-19-9-7-16-30(36)34-25-35-32-17-8-10-21-40(32)51-41(35)26-38(34)49/h1-26H/i7D,8D,16D,17D,19D,21D. The highest BCUT2D eigenvalue weighted by Gasteiger charge is 2.20. The molecule has 0 aliphatic rings. The van der Waals surface area contributed by atoms with Crippen molar-refractivity contribution >= 4 is 75.3 Å². The van der Waals surface area contributed by atoms with E-state index in [1.54, 1.807) is 0 Å². The number of rotatable bonds is 4. The Hall–Kier alpha value is -6.63. The van der Waals surface area contributed by atoms with Crippen molar-refractivity contribution in [3.63, 3.8) is 0 Å². The van der Waals surface area contributed by atoms with Gasteiger partial charge in [0, 0.05) is 58.4 Å². The van der Waals surface area contributed by atoms with Gasteiger partial charge in [0.2, 0.25) is 0 Å². The molecule has 5 nitrogen and oxygen atoms in total. The maximum Gasteiger partial charge on any atom is 0.164 e. The van der Waals surface area contributed by atoms with Gasteiger partial charge >= 0.3 is 0 Å². The molecule has 0 spiro atoms. The lowest BCUT2D eigenvalue weighted by atomic mass is 10.1. The van der Waals surface area contributed by atoms with Crippen molar-refractivity contribution in [1.29, 1.82) is 0 Å². The van der Waals surface area contributed by atoms with Crippen molar-refractivity contribution in [1.82, 2.24) is 19.5 Å². The second-order valence-electron chi connectivity index (χ2n) is 12.4. The molecule has 4 heterocycles. The van der Waals surface area contributed by atoms with E-state index in [1.165, 1.54) is 23.5 Å². The monoisotopic (exact) mass is 676 g/mol. The summed E-state index contributed by atoms with van der Waals surface area (Å²) in [6, 6.07) is 38.3. The molecule has 238 valence electrons. The van der Waals surface area contributed by atoms with Crippen LogP contribution in [0.3, 0.4) is 0 Å². The van der Waals surface area contributed by atoms with Crippen molar-refractivity contribution in [3.05, 3.63) is 158 Å². The summed E-state index contributed by atoms with van der Waals surface area (Å²) in [4.78, 5) is 14.7. The van der Waals surface area contributed by atoms with E-state index in [0.29, 0.717) is 71.6 Å². The minimum atomic E-state index is -0.0662. The van der Waals surface area contributed by atoms with Gasteiger partial charge in [-0.3, -0.25) is 0 Å². The van der Waals surface area contributed by atoms with E-state index >= 15 is 0 Å². The van der Waals surface area contributed by atoms with Crippen LogP contribution in [0.1, 0.15) is 8.22 Å². The Balaban J connectivity index is 1.16. The average Bonchev–Trinajstić information content (AvgIpc) is 3.91. The van der Waals surface area contributed by atoms with Gasteiger partial charge in [-0.15, -0.1) is 11.3 Å². The normalized spacial score (nSPS) is 13.6. The van der Waals surface area contributed by atoms with Gasteiger partial charge in [0.25, 0.3) is 0 Å². The lowest BCUT2D eigenvalue weighted by Crippen LogP contribution is -2.00. The zero-order valence-corrected chi connectivity index (χ0v) is 27.5. The van der Waals surface area contributed by atoms with Crippen LogP contribution >= 0.6 is 11.3 Å². The lowest BCUT2D eigenvalue weighted by Gasteiger charge is -2.08. The number of para-hydroxylation sites is 2. The average molecular weight is 677 g/mol. The summed E-state index contributed by atoms with van der Waals surface area (Å²) in [5, 5.41) is 4.04. The first kappa shape index (κ1) is 22.9. The minimum Gasteiger partial charge on any atom is -0.454 e. The number of hydrogen-bond donors (Lipinski definition) is 0. The molecule has 0 N–H and O–H groups in total. The fourth-order valence-corrected chi connectivity index (χ4v) is 8.12. The number of fused-ring (bicyclic) bond motifs is 9. The van der Waals surface area contributed by atoms with Gasteiger partial charge in [-0.1, -0.05) is 115 Å². The van der Waals surface area contributed by atoms with Gasteiger partial charge in [0.1, 0.15) is 5.58 Å². The Morgan fingerprint density at radius 2 is 1.20 bits per heavy atom. The topological polar surface area (TPSA) is 56.7 Å². The summed E-state index contributed by atoms with van der Waals surface area (Å²) in [6.07, 6.45) is 0. The zero-order chi connectivity index (χ0) is 38.7. The fraction of sp³-hybridized carbons (Fsp3) is 0. The Kier molecular flexibility index (Phi) is 4.91. The summed E-state index contributed by atoms with van der Waals surface area (Å²) in [5.41, 5.74) is 5.49. The van der Waals surface area contributed by atoms with Gasteiger partial charge in [-0.05, 0) is 42.4 Å². The Morgan fingerprint density at radius 3 is 1.96 bits per heavy atom. The van der Waals surface area contributed by atoms with Crippen LogP contribution in [-0.4, -0.2) is 19.5 Å². The quantitative estimate of drug-likeness (QED) is 0.186. The van der Waals surface area contributed by atoms with Gasteiger partial charge in [0.05, 0.1) is 24.9 Å². The first-order chi connectivity index (χ1) is 27.7. The molecule has 11 aromatic rings. The van der Waals surface area contributed by atoms with Crippen molar-refractivity contribution < 1.29 is 12.6 Å². The van der Waals surface area contributed by atoms with Crippen LogP contribution in [0.25, 0.3) is 104 Å². The van der Waals surface area contributed by atoms with Crippen LogP contribution in [0.5, 0.6) is 0 Å². The molecular weight excluding hydrogens is 645 g/mol. The first-order valence-electron chi connectivity index (χ1n) is 19.4. The molecule has 51 heavy (non-hydrogen) atoms. The molecule has 0 amide bonds. The number of benzene rings is 7. The molecule has 0 aliphatic carbocycles. The Morgan fingerprint density at radius 1 is 0.490 bits per heavy atom. The van der Waals surface area contributed by atoms with Crippen LogP contribution in [-0.2, 0) is 0 Å². The number of furan rings is 1. The van der Waals surface area contributed by atoms with Gasteiger partial charge in [0.15, 0.2) is 23.1 Å². The van der Waals surface area contributed by atoms with Crippen LogP contribution in [0.2, 0.25) is 0 Å². The maximum atomic E-state index is 9.14. The Labute approximate surface area is 304 Å². The molecule has 0 aliphatic heterocycles. The largest absolute Gasteiger partial charge is 0.454 e. The fourth-order valence-electron chi connectivity index (χ4n) is 7.08. The van der Waals surface area contributed by atoms with Crippen LogP contribution in [0.4, 0.5) is 0 Å². The zero-order valence-electron chi connectivity index (χ0n) is 32.7. The summed E-state index contributed by atoms with van der Waals surface area (Å²) in [7, 11) is 0. The number of aromatic nitrogens is 4. The minimum absolute atomic E-state index is 0.0133. The molecule has 0 fully saturated rings. The molecule has 11 rings (SSSR count). The number of hydrogen-bond acceptors (Lipinski definition) is 5. The molecule has 0 saturated carbocycles. The van der Waals surface area contributed by atoms with Crippen molar-refractivity contribution in [2.75, 3.05) is 0 Å². The number of thiophene rings is 1. The van der Waals surface area contributed by atoms with Gasteiger partial charge < -0.3 is 8.98 Å². The van der Waals surface area contributed by atoms with E-state index in [4.69, 9.17) is 27.6 Å². The van der Waals surface area contributed by atoms with E-state index in [1.807, 2.05) is 114 Å². The molecule has 0 unspecified atom stereocenters. The van der Waals surface area contributed by atoms with Gasteiger partial charge in [-0.2, -0.15) is 0 Å². The molecule has 0 bridgehead atoms. The van der Waals surface area contributed by atoms with E-state index < -0.39 is 0 Å². The van der Waals surface area contributed by atoms with E-state index in [0.717, 1.165) is 32.2 Å². The summed E-state index contributed by atoms with van der Waals surface area (Å²) >= 11 is 1.38. The summed E-state index contributed by atoms with van der Waals surface area (Å²) in [6.45, 7) is 0. The predicted molar refractivity (Wildman–Crippen MR) is 211 cm³/mol. The summed E-state index contributed by atoms with van der Waals surface area (Å²) in [5.74, 6) is 1.61. The molecule has 0 saturated heterocycles. The molecule has 6 heteroatoms. The van der Waals surface area contributed by atoms with Crippen LogP contribution in [0.15, 0.2) is 162 Å². The summed E-state index contributed by atoms with van der Waals surface area (Å²) < 4.78 is 62.5. The highest BCUT2D eigenvalue weighted by molar-refractivity contribution is 7.25. The molecule has 4 aromatic heterocycles. The SMILES string of the molecule is [2H]c1cc([2H])c2sc3cc4c(cc3c2c1[2H])c1c([2H])c([2H])cc([2H])c1n4-c1cccc2c1oc1cc(-c3nc(-c4ccccc4)nc(-c4ccccc4)n3)ccc12. The smallest absolute Gasteiger partial charge is 0.164 e. The van der Waals surface area contributed by atoms with E-state index in [-0.39, 0.29) is 36.3 Å². The highest BCUT2D eigenvalue weighted by Crippen LogP contribution is 2.42.